The van der Waals surface area contributed by atoms with Crippen molar-refractivity contribution in [2.45, 2.75) is 39.2 Å². The zero-order valence-electron chi connectivity index (χ0n) is 9.27. The molecule has 0 amide bonds. The number of rotatable bonds is 4. The lowest BCUT2D eigenvalue weighted by molar-refractivity contribution is 0.0930. The predicted octanol–water partition coefficient (Wildman–Crippen LogP) is 2.87. The minimum Gasteiger partial charge on any atom is -0.491 e. The molecular weight excluding hydrogens is 195 g/mol. The summed E-state index contributed by atoms with van der Waals surface area (Å²) in [5.41, 5.74) is 0.447. The van der Waals surface area contributed by atoms with Crippen LogP contribution in [0.2, 0.25) is 0 Å². The van der Waals surface area contributed by atoms with E-state index in [9.17, 15) is 4.39 Å². The standard InChI is InChI=1S/C12H17FO2/c1-8(2)15-11-6-4-5-10(7-11)12(13)9(3)14/h4-9,12,14H,1-3H3. The highest BCUT2D eigenvalue weighted by molar-refractivity contribution is 5.30. The molecule has 2 atom stereocenters. The van der Waals surface area contributed by atoms with E-state index in [-0.39, 0.29) is 6.10 Å². The fraction of sp³-hybridized carbons (Fsp3) is 0.500. The van der Waals surface area contributed by atoms with E-state index in [1.54, 1.807) is 24.3 Å². The second kappa shape index (κ2) is 5.12. The van der Waals surface area contributed by atoms with Crippen molar-refractivity contribution in [1.82, 2.24) is 0 Å². The Hall–Kier alpha value is -1.09. The zero-order chi connectivity index (χ0) is 11.4. The van der Waals surface area contributed by atoms with Gasteiger partial charge in [-0.15, -0.1) is 0 Å². The average Bonchev–Trinajstić information content (AvgIpc) is 2.16. The van der Waals surface area contributed by atoms with Crippen LogP contribution in [0.25, 0.3) is 0 Å². The maximum absolute atomic E-state index is 13.5. The van der Waals surface area contributed by atoms with Gasteiger partial charge in [0.15, 0.2) is 6.17 Å². The molecule has 3 heteroatoms. The van der Waals surface area contributed by atoms with Crippen LogP contribution in [0.15, 0.2) is 24.3 Å². The van der Waals surface area contributed by atoms with Crippen LogP contribution < -0.4 is 4.74 Å². The number of ether oxygens (including phenoxy) is 1. The molecule has 2 unspecified atom stereocenters. The van der Waals surface area contributed by atoms with Crippen LogP contribution in [-0.4, -0.2) is 17.3 Å². The fourth-order valence-corrected chi connectivity index (χ4v) is 1.31. The molecule has 0 radical (unpaired) electrons. The SMILES string of the molecule is CC(C)Oc1cccc(C(F)C(C)O)c1. The third-order valence-corrected chi connectivity index (χ3v) is 1.97. The number of aliphatic hydroxyl groups is 1. The minimum atomic E-state index is -1.36. The summed E-state index contributed by atoms with van der Waals surface area (Å²) in [7, 11) is 0. The normalized spacial score (nSPS) is 15.1. The summed E-state index contributed by atoms with van der Waals surface area (Å²) in [6.45, 7) is 5.25. The van der Waals surface area contributed by atoms with E-state index in [1.807, 2.05) is 13.8 Å². The van der Waals surface area contributed by atoms with Gasteiger partial charge in [-0.2, -0.15) is 0 Å². The largest absolute Gasteiger partial charge is 0.491 e. The number of alkyl halides is 1. The first-order chi connectivity index (χ1) is 7.00. The molecule has 0 aliphatic rings. The molecule has 0 saturated heterocycles. The van der Waals surface area contributed by atoms with Gasteiger partial charge in [0.05, 0.1) is 12.2 Å². The monoisotopic (exact) mass is 212 g/mol. The molecular formula is C12H17FO2. The van der Waals surface area contributed by atoms with E-state index >= 15 is 0 Å². The Labute approximate surface area is 89.7 Å². The molecule has 1 N–H and O–H groups in total. The van der Waals surface area contributed by atoms with Gasteiger partial charge in [0.2, 0.25) is 0 Å². The Morgan fingerprint density at radius 3 is 2.47 bits per heavy atom. The van der Waals surface area contributed by atoms with Gasteiger partial charge in [-0.3, -0.25) is 0 Å². The van der Waals surface area contributed by atoms with E-state index in [0.29, 0.717) is 11.3 Å². The molecule has 0 aliphatic carbocycles. The first kappa shape index (κ1) is 12.0. The number of hydrogen-bond donors (Lipinski definition) is 1. The summed E-state index contributed by atoms with van der Waals surface area (Å²) >= 11 is 0. The van der Waals surface area contributed by atoms with Crippen molar-refractivity contribution in [3.63, 3.8) is 0 Å². The van der Waals surface area contributed by atoms with Crippen molar-refractivity contribution in [3.05, 3.63) is 29.8 Å². The summed E-state index contributed by atoms with van der Waals surface area (Å²) in [5.74, 6) is 0.630. The van der Waals surface area contributed by atoms with Crippen LogP contribution in [0.4, 0.5) is 4.39 Å². The second-order valence-corrected chi connectivity index (χ2v) is 3.88. The van der Waals surface area contributed by atoms with Crippen molar-refractivity contribution in [2.75, 3.05) is 0 Å². The molecule has 0 aromatic heterocycles. The first-order valence-electron chi connectivity index (χ1n) is 5.09. The van der Waals surface area contributed by atoms with Crippen LogP contribution in [0.3, 0.4) is 0 Å². The fourth-order valence-electron chi connectivity index (χ4n) is 1.31. The van der Waals surface area contributed by atoms with Crippen LogP contribution in [0.1, 0.15) is 32.5 Å². The summed E-state index contributed by atoms with van der Waals surface area (Å²) < 4.78 is 18.9. The highest BCUT2D eigenvalue weighted by Crippen LogP contribution is 2.25. The van der Waals surface area contributed by atoms with Crippen LogP contribution in [0, 0.1) is 0 Å². The third-order valence-electron chi connectivity index (χ3n) is 1.97. The number of benzene rings is 1. The first-order valence-corrected chi connectivity index (χ1v) is 5.09. The summed E-state index contributed by atoms with van der Waals surface area (Å²) in [6, 6.07) is 6.77. The number of aliphatic hydroxyl groups excluding tert-OH is 1. The van der Waals surface area contributed by atoms with Gasteiger partial charge in [0.1, 0.15) is 5.75 Å². The second-order valence-electron chi connectivity index (χ2n) is 3.88. The zero-order valence-corrected chi connectivity index (χ0v) is 9.27. The van der Waals surface area contributed by atoms with Gasteiger partial charge in [-0.05, 0) is 38.5 Å². The molecule has 0 bridgehead atoms. The molecule has 0 saturated carbocycles. The highest BCUT2D eigenvalue weighted by atomic mass is 19.1. The quantitative estimate of drug-likeness (QED) is 0.831. The van der Waals surface area contributed by atoms with E-state index in [1.165, 1.54) is 6.92 Å². The molecule has 84 valence electrons. The molecule has 0 aliphatic heterocycles. The molecule has 1 aromatic rings. The maximum Gasteiger partial charge on any atom is 0.151 e. The van der Waals surface area contributed by atoms with Gasteiger partial charge in [-0.25, -0.2) is 4.39 Å². The van der Waals surface area contributed by atoms with E-state index in [4.69, 9.17) is 9.84 Å². The summed E-state index contributed by atoms with van der Waals surface area (Å²) in [5, 5.41) is 9.13. The molecule has 15 heavy (non-hydrogen) atoms. The Morgan fingerprint density at radius 2 is 1.93 bits per heavy atom. The lowest BCUT2D eigenvalue weighted by atomic mass is 10.1. The van der Waals surface area contributed by atoms with Crippen LogP contribution in [0.5, 0.6) is 5.75 Å². The van der Waals surface area contributed by atoms with Gasteiger partial charge >= 0.3 is 0 Å². The molecule has 2 nitrogen and oxygen atoms in total. The minimum absolute atomic E-state index is 0.0601. The molecule has 1 aromatic carbocycles. The Balaban J connectivity index is 2.82. The molecule has 0 fully saturated rings. The number of halogens is 1. The van der Waals surface area contributed by atoms with Crippen LogP contribution in [-0.2, 0) is 0 Å². The molecule has 0 spiro atoms. The summed E-state index contributed by atoms with van der Waals surface area (Å²) in [4.78, 5) is 0. The van der Waals surface area contributed by atoms with E-state index < -0.39 is 12.3 Å². The van der Waals surface area contributed by atoms with Crippen molar-refractivity contribution < 1.29 is 14.2 Å². The average molecular weight is 212 g/mol. The Morgan fingerprint density at radius 1 is 1.27 bits per heavy atom. The van der Waals surface area contributed by atoms with Crippen molar-refractivity contribution in [2.24, 2.45) is 0 Å². The Bertz CT molecular complexity index is 310. The highest BCUT2D eigenvalue weighted by Gasteiger charge is 2.16. The van der Waals surface area contributed by atoms with E-state index in [2.05, 4.69) is 0 Å². The topological polar surface area (TPSA) is 29.5 Å². The van der Waals surface area contributed by atoms with E-state index in [0.717, 1.165) is 0 Å². The molecule has 1 rings (SSSR count). The lowest BCUT2D eigenvalue weighted by Gasteiger charge is -2.14. The molecule has 0 heterocycles. The van der Waals surface area contributed by atoms with Crippen molar-refractivity contribution >= 4 is 0 Å². The van der Waals surface area contributed by atoms with Gasteiger partial charge in [0, 0.05) is 0 Å². The van der Waals surface area contributed by atoms with Gasteiger partial charge in [-0.1, -0.05) is 12.1 Å². The smallest absolute Gasteiger partial charge is 0.151 e. The predicted molar refractivity (Wildman–Crippen MR) is 57.7 cm³/mol. The third kappa shape index (κ3) is 3.51. The lowest BCUT2D eigenvalue weighted by Crippen LogP contribution is -2.10. The van der Waals surface area contributed by atoms with Crippen molar-refractivity contribution in [3.8, 4) is 5.75 Å². The number of hydrogen-bond acceptors (Lipinski definition) is 2. The van der Waals surface area contributed by atoms with Crippen LogP contribution >= 0.6 is 0 Å². The van der Waals surface area contributed by atoms with Gasteiger partial charge < -0.3 is 9.84 Å². The summed E-state index contributed by atoms with van der Waals surface area (Å²) in [6.07, 6.45) is -2.30. The maximum atomic E-state index is 13.5. The van der Waals surface area contributed by atoms with Gasteiger partial charge in [0.25, 0.3) is 0 Å². The van der Waals surface area contributed by atoms with Crippen molar-refractivity contribution in [1.29, 1.82) is 0 Å². The Kier molecular flexibility index (Phi) is 4.09.